The third kappa shape index (κ3) is 3.24. The number of benzene rings is 1. The molecule has 1 N–H and O–H groups in total. The Balaban J connectivity index is 1.37. The van der Waals surface area contributed by atoms with E-state index in [0.717, 1.165) is 48.7 Å². The van der Waals surface area contributed by atoms with Crippen molar-refractivity contribution < 1.29 is 4.79 Å². The summed E-state index contributed by atoms with van der Waals surface area (Å²) in [7, 11) is 0. The van der Waals surface area contributed by atoms with Gasteiger partial charge >= 0.3 is 0 Å². The standard InChI is InChI=1S/C22H25N5O2/c1-14(28)15-7-9-17(10-8-15)26-12-16(13-26)20-24-21-19(22(29)25-20)11-23-27(21)18-5-3-2-4-6-18/h7-11,16,18H,2-6,12-13H2,1H3,(H,24,25,29). The molecule has 7 heteroatoms. The van der Waals surface area contributed by atoms with Gasteiger partial charge in [0.15, 0.2) is 11.4 Å². The van der Waals surface area contributed by atoms with Gasteiger partial charge in [0.2, 0.25) is 0 Å². The maximum Gasteiger partial charge on any atom is 0.262 e. The molecule has 5 rings (SSSR count). The van der Waals surface area contributed by atoms with Gasteiger partial charge in [0.05, 0.1) is 18.2 Å². The van der Waals surface area contributed by atoms with Crippen LogP contribution in [0.1, 0.15) is 67.2 Å². The smallest absolute Gasteiger partial charge is 0.262 e. The summed E-state index contributed by atoms with van der Waals surface area (Å²) in [6.07, 6.45) is 7.57. The number of fused-ring (bicyclic) bond motifs is 1. The second-order valence-electron chi connectivity index (χ2n) is 8.27. The summed E-state index contributed by atoms with van der Waals surface area (Å²) in [6.45, 7) is 3.17. The summed E-state index contributed by atoms with van der Waals surface area (Å²) >= 11 is 0. The van der Waals surface area contributed by atoms with Crippen molar-refractivity contribution in [3.8, 4) is 0 Å². The van der Waals surface area contributed by atoms with Gasteiger partial charge in [-0.05, 0) is 44.0 Å². The number of hydrogen-bond acceptors (Lipinski definition) is 5. The molecule has 2 aliphatic rings. The summed E-state index contributed by atoms with van der Waals surface area (Å²) in [4.78, 5) is 34.1. The Morgan fingerprint density at radius 2 is 1.83 bits per heavy atom. The number of nitrogens with one attached hydrogen (secondary N) is 1. The molecule has 1 aromatic carbocycles. The third-order valence-corrected chi connectivity index (χ3v) is 6.31. The van der Waals surface area contributed by atoms with E-state index in [1.54, 1.807) is 13.1 Å². The van der Waals surface area contributed by atoms with E-state index < -0.39 is 0 Å². The first-order valence-electron chi connectivity index (χ1n) is 10.4. The number of ketones is 1. The molecule has 29 heavy (non-hydrogen) atoms. The van der Waals surface area contributed by atoms with Gasteiger partial charge in [-0.1, -0.05) is 19.3 Å². The lowest BCUT2D eigenvalue weighted by atomic mass is 9.95. The van der Waals surface area contributed by atoms with Crippen molar-refractivity contribution in [3.63, 3.8) is 0 Å². The van der Waals surface area contributed by atoms with E-state index in [2.05, 4.69) is 15.0 Å². The Hall–Kier alpha value is -2.96. The van der Waals surface area contributed by atoms with Crippen LogP contribution in [0.5, 0.6) is 0 Å². The molecule has 3 aromatic rings. The van der Waals surface area contributed by atoms with Crippen LogP contribution in [0.3, 0.4) is 0 Å². The zero-order chi connectivity index (χ0) is 20.0. The molecular formula is C22H25N5O2. The quantitative estimate of drug-likeness (QED) is 0.689. The number of anilines is 1. The van der Waals surface area contributed by atoms with Crippen molar-refractivity contribution in [2.24, 2.45) is 0 Å². The van der Waals surface area contributed by atoms with E-state index in [0.29, 0.717) is 11.4 Å². The molecule has 1 aliphatic carbocycles. The average Bonchev–Trinajstić information content (AvgIpc) is 3.12. The van der Waals surface area contributed by atoms with Gasteiger partial charge in [0.1, 0.15) is 11.2 Å². The Morgan fingerprint density at radius 3 is 2.52 bits per heavy atom. The summed E-state index contributed by atoms with van der Waals surface area (Å²) in [6, 6.07) is 8.02. The summed E-state index contributed by atoms with van der Waals surface area (Å²) in [5.41, 5.74) is 2.43. The number of H-pyrrole nitrogens is 1. The third-order valence-electron chi connectivity index (χ3n) is 6.31. The molecule has 1 aliphatic heterocycles. The highest BCUT2D eigenvalue weighted by Crippen LogP contribution is 2.32. The van der Waals surface area contributed by atoms with Crippen LogP contribution in [0.2, 0.25) is 0 Å². The SMILES string of the molecule is CC(=O)c1ccc(N2CC(c3nc4c(cnn4C4CCCCC4)c(=O)[nH]3)C2)cc1. The zero-order valence-electron chi connectivity index (χ0n) is 16.6. The summed E-state index contributed by atoms with van der Waals surface area (Å²) < 4.78 is 1.98. The van der Waals surface area contributed by atoms with Crippen molar-refractivity contribution in [3.05, 3.63) is 52.2 Å². The van der Waals surface area contributed by atoms with Gasteiger partial charge < -0.3 is 9.88 Å². The molecule has 2 aromatic heterocycles. The predicted octanol–water partition coefficient (Wildman–Crippen LogP) is 3.43. The Kier molecular flexibility index (Phi) is 4.45. The molecule has 0 unspecified atom stereocenters. The highest BCUT2D eigenvalue weighted by atomic mass is 16.1. The Bertz CT molecular complexity index is 1100. The molecule has 1 saturated heterocycles. The monoisotopic (exact) mass is 391 g/mol. The molecular weight excluding hydrogens is 366 g/mol. The lowest BCUT2D eigenvalue weighted by Gasteiger charge is -2.40. The minimum Gasteiger partial charge on any atom is -0.370 e. The molecule has 0 amide bonds. The first kappa shape index (κ1) is 18.1. The van der Waals surface area contributed by atoms with Crippen LogP contribution >= 0.6 is 0 Å². The molecule has 0 spiro atoms. The molecule has 1 saturated carbocycles. The van der Waals surface area contributed by atoms with Crippen LogP contribution in [0.4, 0.5) is 5.69 Å². The molecule has 2 fully saturated rings. The predicted molar refractivity (Wildman–Crippen MR) is 112 cm³/mol. The molecule has 0 atom stereocenters. The van der Waals surface area contributed by atoms with E-state index in [4.69, 9.17) is 4.98 Å². The largest absolute Gasteiger partial charge is 0.370 e. The van der Waals surface area contributed by atoms with Gasteiger partial charge in [-0.25, -0.2) is 9.67 Å². The van der Waals surface area contributed by atoms with E-state index in [-0.39, 0.29) is 17.3 Å². The molecule has 3 heterocycles. The van der Waals surface area contributed by atoms with Crippen LogP contribution in [0.25, 0.3) is 11.0 Å². The second-order valence-corrected chi connectivity index (χ2v) is 8.27. The Labute approximate surface area is 168 Å². The van der Waals surface area contributed by atoms with Crippen LogP contribution < -0.4 is 10.5 Å². The maximum absolute atomic E-state index is 12.6. The molecule has 7 nitrogen and oxygen atoms in total. The van der Waals surface area contributed by atoms with Crippen LogP contribution in [0.15, 0.2) is 35.3 Å². The van der Waals surface area contributed by atoms with E-state index >= 15 is 0 Å². The minimum atomic E-state index is -0.101. The van der Waals surface area contributed by atoms with Gasteiger partial charge in [-0.2, -0.15) is 5.10 Å². The number of hydrogen-bond donors (Lipinski definition) is 1. The van der Waals surface area contributed by atoms with Crippen LogP contribution in [-0.4, -0.2) is 38.6 Å². The highest BCUT2D eigenvalue weighted by Gasteiger charge is 2.31. The van der Waals surface area contributed by atoms with Crippen LogP contribution in [0, 0.1) is 0 Å². The Morgan fingerprint density at radius 1 is 1.10 bits per heavy atom. The minimum absolute atomic E-state index is 0.0719. The van der Waals surface area contributed by atoms with Gasteiger partial charge in [-0.15, -0.1) is 0 Å². The lowest BCUT2D eigenvalue weighted by molar-refractivity contribution is 0.101. The number of carbonyl (C=O) groups is 1. The second kappa shape index (κ2) is 7.13. The van der Waals surface area contributed by atoms with Gasteiger partial charge in [0.25, 0.3) is 5.56 Å². The van der Waals surface area contributed by atoms with Crippen molar-refractivity contribution in [1.82, 2.24) is 19.7 Å². The number of carbonyl (C=O) groups excluding carboxylic acids is 1. The summed E-state index contributed by atoms with van der Waals surface area (Å²) in [5.74, 6) is 1.01. The van der Waals surface area contributed by atoms with E-state index in [9.17, 15) is 9.59 Å². The topological polar surface area (TPSA) is 83.9 Å². The van der Waals surface area contributed by atoms with Crippen molar-refractivity contribution in [2.45, 2.75) is 51.0 Å². The normalized spacial score (nSPS) is 18.2. The highest BCUT2D eigenvalue weighted by molar-refractivity contribution is 5.94. The zero-order valence-corrected chi connectivity index (χ0v) is 16.6. The van der Waals surface area contributed by atoms with E-state index in [1.807, 2.05) is 28.9 Å². The van der Waals surface area contributed by atoms with Crippen molar-refractivity contribution in [2.75, 3.05) is 18.0 Å². The number of aromatic amines is 1. The fraction of sp³-hybridized carbons (Fsp3) is 0.455. The number of nitrogens with zero attached hydrogens (tertiary/aromatic N) is 4. The van der Waals surface area contributed by atoms with Gasteiger partial charge in [-0.3, -0.25) is 9.59 Å². The number of Topliss-reactive ketones (excluding diaryl/α,β-unsaturated/α-hetero) is 1. The fourth-order valence-corrected chi connectivity index (χ4v) is 4.51. The average molecular weight is 391 g/mol. The first-order chi connectivity index (χ1) is 14.1. The number of rotatable bonds is 4. The van der Waals surface area contributed by atoms with Crippen molar-refractivity contribution >= 4 is 22.5 Å². The molecule has 0 bridgehead atoms. The summed E-state index contributed by atoms with van der Waals surface area (Å²) in [5, 5.41) is 5.08. The lowest BCUT2D eigenvalue weighted by Crippen LogP contribution is -2.46. The van der Waals surface area contributed by atoms with Crippen molar-refractivity contribution in [1.29, 1.82) is 0 Å². The first-order valence-corrected chi connectivity index (χ1v) is 10.4. The molecule has 0 radical (unpaired) electrons. The number of aromatic nitrogens is 4. The molecule has 150 valence electrons. The maximum atomic E-state index is 12.6. The fourth-order valence-electron chi connectivity index (χ4n) is 4.51. The van der Waals surface area contributed by atoms with Gasteiger partial charge in [0, 0.05) is 24.3 Å². The van der Waals surface area contributed by atoms with Crippen LogP contribution in [-0.2, 0) is 0 Å². The van der Waals surface area contributed by atoms with E-state index in [1.165, 1.54) is 19.3 Å².